The summed E-state index contributed by atoms with van der Waals surface area (Å²) in [6.45, 7) is 2.22. The quantitative estimate of drug-likeness (QED) is 0.793. The minimum atomic E-state index is -0.819. The van der Waals surface area contributed by atoms with E-state index in [2.05, 4.69) is 13.0 Å². The zero-order valence-electron chi connectivity index (χ0n) is 11.9. The molecule has 1 nitrogen and oxygen atoms in total. The fourth-order valence-corrected chi connectivity index (χ4v) is 3.59. The molecule has 0 fully saturated rings. The van der Waals surface area contributed by atoms with Gasteiger partial charge in [-0.25, -0.2) is 0 Å². The van der Waals surface area contributed by atoms with Crippen LogP contribution in [0.1, 0.15) is 42.4 Å². The number of rotatable bonds is 2. The average Bonchev–Trinajstić information content (AvgIpc) is 2.48. The van der Waals surface area contributed by atoms with Crippen molar-refractivity contribution in [2.24, 2.45) is 0 Å². The van der Waals surface area contributed by atoms with Gasteiger partial charge in [0.1, 0.15) is 0 Å². The van der Waals surface area contributed by atoms with Gasteiger partial charge in [-0.15, -0.1) is 0 Å². The minimum absolute atomic E-state index is 0.496. The monoisotopic (exact) mass is 320 g/mol. The molecule has 110 valence electrons. The van der Waals surface area contributed by atoms with Crippen molar-refractivity contribution in [1.82, 2.24) is 0 Å². The summed E-state index contributed by atoms with van der Waals surface area (Å²) in [5, 5.41) is 12.3. The summed E-state index contributed by atoms with van der Waals surface area (Å²) in [4.78, 5) is 0. The van der Waals surface area contributed by atoms with Gasteiger partial charge in [0, 0.05) is 6.42 Å². The predicted octanol–water partition coefficient (Wildman–Crippen LogP) is 5.32. The fourth-order valence-electron chi connectivity index (χ4n) is 3.27. The number of aliphatic hydroxyl groups is 1. The highest BCUT2D eigenvalue weighted by Crippen LogP contribution is 2.43. The molecule has 3 rings (SSSR count). The zero-order chi connectivity index (χ0) is 15.0. The van der Waals surface area contributed by atoms with Crippen molar-refractivity contribution >= 4 is 23.2 Å². The third kappa shape index (κ3) is 2.83. The molecule has 2 atom stereocenters. The highest BCUT2D eigenvalue weighted by molar-refractivity contribution is 6.42. The first-order valence-corrected chi connectivity index (χ1v) is 8.01. The molecule has 0 aliphatic heterocycles. The predicted molar refractivity (Wildman–Crippen MR) is 88.2 cm³/mol. The molecule has 2 aromatic carbocycles. The summed E-state index contributed by atoms with van der Waals surface area (Å²) in [7, 11) is 0. The van der Waals surface area contributed by atoms with Gasteiger partial charge in [-0.3, -0.25) is 0 Å². The largest absolute Gasteiger partial charge is 0.385 e. The number of benzene rings is 2. The maximum Gasteiger partial charge on any atom is 0.0939 e. The summed E-state index contributed by atoms with van der Waals surface area (Å²) in [6, 6.07) is 13.8. The van der Waals surface area contributed by atoms with Crippen LogP contribution in [0.2, 0.25) is 10.0 Å². The van der Waals surface area contributed by atoms with Crippen LogP contribution in [0.25, 0.3) is 0 Å². The Morgan fingerprint density at radius 1 is 1.14 bits per heavy atom. The second kappa shape index (κ2) is 5.64. The van der Waals surface area contributed by atoms with Crippen molar-refractivity contribution in [3.8, 4) is 0 Å². The molecule has 1 N–H and O–H groups in total. The molecular weight excluding hydrogens is 303 g/mol. The van der Waals surface area contributed by atoms with E-state index < -0.39 is 5.60 Å². The van der Waals surface area contributed by atoms with Crippen LogP contribution in [0.4, 0.5) is 0 Å². The van der Waals surface area contributed by atoms with Gasteiger partial charge in [0.15, 0.2) is 0 Å². The Labute approximate surface area is 135 Å². The van der Waals surface area contributed by atoms with E-state index in [-0.39, 0.29) is 0 Å². The van der Waals surface area contributed by atoms with Crippen molar-refractivity contribution in [2.45, 2.75) is 37.7 Å². The molecule has 0 saturated heterocycles. The van der Waals surface area contributed by atoms with E-state index in [0.717, 1.165) is 24.0 Å². The highest BCUT2D eigenvalue weighted by atomic mass is 35.5. The topological polar surface area (TPSA) is 20.2 Å². The van der Waals surface area contributed by atoms with Gasteiger partial charge >= 0.3 is 0 Å². The van der Waals surface area contributed by atoms with Gasteiger partial charge < -0.3 is 5.11 Å². The second-order valence-electron chi connectivity index (χ2n) is 5.98. The molecule has 0 heterocycles. The SMILES string of the molecule is CC1CCC(O)(Cc2ccc(Cl)c(Cl)c2)c2ccccc21. The summed E-state index contributed by atoms with van der Waals surface area (Å²) in [5.74, 6) is 0.496. The van der Waals surface area contributed by atoms with Gasteiger partial charge in [0.05, 0.1) is 15.6 Å². The van der Waals surface area contributed by atoms with E-state index in [1.165, 1.54) is 5.56 Å². The van der Waals surface area contributed by atoms with Crippen molar-refractivity contribution in [1.29, 1.82) is 0 Å². The summed E-state index contributed by atoms with van der Waals surface area (Å²) in [5.41, 5.74) is 2.50. The van der Waals surface area contributed by atoms with Gasteiger partial charge in [0.2, 0.25) is 0 Å². The Balaban J connectivity index is 1.97. The van der Waals surface area contributed by atoms with Crippen molar-refractivity contribution < 1.29 is 5.11 Å². The van der Waals surface area contributed by atoms with E-state index in [1.54, 1.807) is 6.07 Å². The van der Waals surface area contributed by atoms with Crippen LogP contribution in [0, 0.1) is 0 Å². The van der Waals surface area contributed by atoms with Crippen LogP contribution in [-0.2, 0) is 12.0 Å². The van der Waals surface area contributed by atoms with Gasteiger partial charge in [0.25, 0.3) is 0 Å². The minimum Gasteiger partial charge on any atom is -0.385 e. The molecule has 21 heavy (non-hydrogen) atoms. The maximum atomic E-state index is 11.2. The Morgan fingerprint density at radius 3 is 2.67 bits per heavy atom. The molecule has 0 radical (unpaired) electrons. The number of halogens is 2. The first kappa shape index (κ1) is 14.9. The van der Waals surface area contributed by atoms with Crippen molar-refractivity contribution in [3.05, 3.63) is 69.2 Å². The Morgan fingerprint density at radius 2 is 1.90 bits per heavy atom. The van der Waals surface area contributed by atoms with Crippen LogP contribution in [0.3, 0.4) is 0 Å². The van der Waals surface area contributed by atoms with Crippen LogP contribution in [-0.4, -0.2) is 5.11 Å². The fraction of sp³-hybridized carbons (Fsp3) is 0.333. The first-order valence-electron chi connectivity index (χ1n) is 7.25. The van der Waals surface area contributed by atoms with Crippen LogP contribution in [0.15, 0.2) is 42.5 Å². The lowest BCUT2D eigenvalue weighted by Crippen LogP contribution is -2.34. The molecule has 1 aliphatic rings. The van der Waals surface area contributed by atoms with Crippen molar-refractivity contribution in [2.75, 3.05) is 0 Å². The Bertz CT molecular complexity index is 668. The van der Waals surface area contributed by atoms with Crippen LogP contribution >= 0.6 is 23.2 Å². The molecular formula is C18H18Cl2O. The zero-order valence-corrected chi connectivity index (χ0v) is 13.5. The van der Waals surface area contributed by atoms with E-state index in [1.807, 2.05) is 30.3 Å². The van der Waals surface area contributed by atoms with E-state index in [9.17, 15) is 5.11 Å². The van der Waals surface area contributed by atoms with E-state index in [4.69, 9.17) is 23.2 Å². The standard InChI is InChI=1S/C18H18Cl2O/c1-12-8-9-18(21,15-5-3-2-4-14(12)15)11-13-6-7-16(19)17(20)10-13/h2-7,10,12,21H,8-9,11H2,1H3. The molecule has 2 aromatic rings. The lowest BCUT2D eigenvalue weighted by molar-refractivity contribution is 0.0159. The third-order valence-electron chi connectivity index (χ3n) is 4.46. The first-order chi connectivity index (χ1) is 9.99. The van der Waals surface area contributed by atoms with E-state index in [0.29, 0.717) is 22.4 Å². The lowest BCUT2D eigenvalue weighted by atomic mass is 9.72. The molecule has 0 spiro atoms. The second-order valence-corrected chi connectivity index (χ2v) is 6.80. The molecule has 0 saturated carbocycles. The van der Waals surface area contributed by atoms with Crippen LogP contribution < -0.4 is 0 Å². The van der Waals surface area contributed by atoms with Gasteiger partial charge in [-0.05, 0) is 47.6 Å². The van der Waals surface area contributed by atoms with Crippen LogP contribution in [0.5, 0.6) is 0 Å². The number of hydrogen-bond acceptors (Lipinski definition) is 1. The van der Waals surface area contributed by atoms with Gasteiger partial charge in [-0.1, -0.05) is 60.5 Å². The Hall–Kier alpha value is -1.02. The van der Waals surface area contributed by atoms with E-state index >= 15 is 0 Å². The molecule has 0 amide bonds. The average molecular weight is 321 g/mol. The highest BCUT2D eigenvalue weighted by Gasteiger charge is 2.36. The normalized spacial score (nSPS) is 24.7. The lowest BCUT2D eigenvalue weighted by Gasteiger charge is -2.37. The third-order valence-corrected chi connectivity index (χ3v) is 5.20. The summed E-state index contributed by atoms with van der Waals surface area (Å²) < 4.78 is 0. The van der Waals surface area contributed by atoms with Crippen molar-refractivity contribution in [3.63, 3.8) is 0 Å². The molecule has 2 unspecified atom stereocenters. The summed E-state index contributed by atoms with van der Waals surface area (Å²) in [6.07, 6.45) is 2.33. The maximum absolute atomic E-state index is 11.2. The molecule has 0 aromatic heterocycles. The van der Waals surface area contributed by atoms with Gasteiger partial charge in [-0.2, -0.15) is 0 Å². The molecule has 0 bridgehead atoms. The number of hydrogen-bond donors (Lipinski definition) is 1. The number of fused-ring (bicyclic) bond motifs is 1. The molecule has 1 aliphatic carbocycles. The Kier molecular flexibility index (Phi) is 4.00. The molecule has 3 heteroatoms. The summed E-state index contributed by atoms with van der Waals surface area (Å²) >= 11 is 12.1. The smallest absolute Gasteiger partial charge is 0.0939 e.